The van der Waals surface area contributed by atoms with Crippen molar-refractivity contribution in [3.63, 3.8) is 0 Å². The molecule has 1 rings (SSSR count). The average Bonchev–Trinajstić information content (AvgIpc) is 2.63. The van der Waals surface area contributed by atoms with Crippen molar-refractivity contribution < 1.29 is 19.4 Å². The molecule has 1 aliphatic rings. The molecule has 2 unspecified atom stereocenters. The third kappa shape index (κ3) is 5.20. The Bertz CT molecular complexity index is 271. The molecule has 18 heavy (non-hydrogen) atoms. The summed E-state index contributed by atoms with van der Waals surface area (Å²) in [6.45, 7) is 6.63. The third-order valence-electron chi connectivity index (χ3n) is 3.12. The maximum atomic E-state index is 10.7. The van der Waals surface area contributed by atoms with Crippen molar-refractivity contribution in [3.8, 4) is 0 Å². The molecule has 1 saturated heterocycles. The molecular weight excluding hydrogens is 236 g/mol. The lowest BCUT2D eigenvalue weighted by molar-refractivity contribution is 0.000628. The van der Waals surface area contributed by atoms with E-state index in [0.717, 1.165) is 19.5 Å². The van der Waals surface area contributed by atoms with Gasteiger partial charge in [0.1, 0.15) is 0 Å². The van der Waals surface area contributed by atoms with Crippen LogP contribution in [0.3, 0.4) is 0 Å². The number of hydrogen-bond acceptors (Lipinski definition) is 4. The molecule has 0 aromatic heterocycles. The van der Waals surface area contributed by atoms with E-state index in [1.165, 1.54) is 0 Å². The van der Waals surface area contributed by atoms with Gasteiger partial charge in [0.15, 0.2) is 0 Å². The largest absolute Gasteiger partial charge is 0.465 e. The molecule has 1 amide bonds. The van der Waals surface area contributed by atoms with Crippen LogP contribution >= 0.6 is 0 Å². The zero-order chi connectivity index (χ0) is 13.6. The Kier molecular flexibility index (Phi) is 5.84. The van der Waals surface area contributed by atoms with Crippen LogP contribution in [0.1, 0.15) is 20.3 Å². The van der Waals surface area contributed by atoms with Crippen molar-refractivity contribution in [3.05, 3.63) is 0 Å². The second-order valence-electron chi connectivity index (χ2n) is 5.34. The van der Waals surface area contributed by atoms with Gasteiger partial charge in [0.2, 0.25) is 0 Å². The summed E-state index contributed by atoms with van der Waals surface area (Å²) in [6, 6.07) is 0. The smallest absolute Gasteiger partial charge is 0.405 e. The summed E-state index contributed by atoms with van der Waals surface area (Å²) in [7, 11) is 1.65. The third-order valence-corrected chi connectivity index (χ3v) is 3.12. The van der Waals surface area contributed by atoms with Gasteiger partial charge in [-0.2, -0.15) is 0 Å². The van der Waals surface area contributed by atoms with Crippen LogP contribution in [0.4, 0.5) is 4.79 Å². The number of amides is 1. The Morgan fingerprint density at radius 3 is 2.78 bits per heavy atom. The van der Waals surface area contributed by atoms with Gasteiger partial charge in [-0.1, -0.05) is 0 Å². The minimum atomic E-state index is -0.984. The summed E-state index contributed by atoms with van der Waals surface area (Å²) in [5.41, 5.74) is -0.439. The predicted molar refractivity (Wildman–Crippen MR) is 67.8 cm³/mol. The van der Waals surface area contributed by atoms with Crippen LogP contribution in [0.15, 0.2) is 0 Å². The van der Waals surface area contributed by atoms with E-state index in [9.17, 15) is 4.79 Å². The number of carbonyl (C=O) groups is 1. The Labute approximate surface area is 108 Å². The first-order valence-corrected chi connectivity index (χ1v) is 6.27. The zero-order valence-corrected chi connectivity index (χ0v) is 11.4. The second kappa shape index (κ2) is 6.92. The van der Waals surface area contributed by atoms with Crippen molar-refractivity contribution >= 4 is 6.09 Å². The van der Waals surface area contributed by atoms with Gasteiger partial charge in [-0.3, -0.25) is 0 Å². The van der Waals surface area contributed by atoms with Crippen LogP contribution in [0, 0.1) is 5.92 Å². The van der Waals surface area contributed by atoms with E-state index < -0.39 is 11.6 Å². The standard InChI is InChI=1S/C12H24N2O4/c1-12(2,14-11(15)16)6-9-7-13-8-10(9)18-5-4-17-3/h9-10,13-14H,4-8H2,1-3H3,(H,15,16). The van der Waals surface area contributed by atoms with Crippen LogP contribution in [0.25, 0.3) is 0 Å². The lowest BCUT2D eigenvalue weighted by Crippen LogP contribution is -2.45. The van der Waals surface area contributed by atoms with Crippen molar-refractivity contribution in [1.82, 2.24) is 10.6 Å². The van der Waals surface area contributed by atoms with E-state index in [1.807, 2.05) is 13.8 Å². The van der Waals surface area contributed by atoms with E-state index in [-0.39, 0.29) is 6.10 Å². The predicted octanol–water partition coefficient (Wildman–Crippen LogP) is 0.674. The summed E-state index contributed by atoms with van der Waals surface area (Å²) >= 11 is 0. The van der Waals surface area contributed by atoms with Crippen LogP contribution in [-0.2, 0) is 9.47 Å². The summed E-state index contributed by atoms with van der Waals surface area (Å²) in [6.07, 6.45) is -0.0953. The topological polar surface area (TPSA) is 79.8 Å². The van der Waals surface area contributed by atoms with E-state index in [0.29, 0.717) is 19.1 Å². The van der Waals surface area contributed by atoms with Gasteiger partial charge in [-0.15, -0.1) is 0 Å². The number of methoxy groups -OCH3 is 1. The molecule has 0 bridgehead atoms. The summed E-state index contributed by atoms with van der Waals surface area (Å²) < 4.78 is 10.7. The number of rotatable bonds is 7. The second-order valence-corrected chi connectivity index (χ2v) is 5.34. The molecule has 1 aliphatic heterocycles. The van der Waals surface area contributed by atoms with Gasteiger partial charge in [-0.05, 0) is 20.3 Å². The average molecular weight is 260 g/mol. The highest BCUT2D eigenvalue weighted by Crippen LogP contribution is 2.23. The van der Waals surface area contributed by atoms with E-state index in [4.69, 9.17) is 14.6 Å². The van der Waals surface area contributed by atoms with E-state index >= 15 is 0 Å². The molecule has 6 nitrogen and oxygen atoms in total. The SMILES string of the molecule is COCCOC1CNCC1CC(C)(C)NC(=O)O. The highest BCUT2D eigenvalue weighted by atomic mass is 16.5. The lowest BCUT2D eigenvalue weighted by Gasteiger charge is -2.30. The number of nitrogens with one attached hydrogen (secondary N) is 2. The van der Waals surface area contributed by atoms with Gasteiger partial charge in [0.25, 0.3) is 0 Å². The Morgan fingerprint density at radius 2 is 2.17 bits per heavy atom. The minimum Gasteiger partial charge on any atom is -0.465 e. The fraction of sp³-hybridized carbons (Fsp3) is 0.917. The maximum absolute atomic E-state index is 10.7. The van der Waals surface area contributed by atoms with Crippen LogP contribution in [0.2, 0.25) is 0 Å². The molecule has 2 atom stereocenters. The van der Waals surface area contributed by atoms with Crippen molar-refractivity contribution in [2.45, 2.75) is 31.9 Å². The fourth-order valence-electron chi connectivity index (χ4n) is 2.39. The fourth-order valence-corrected chi connectivity index (χ4v) is 2.39. The summed E-state index contributed by atoms with van der Waals surface area (Å²) in [5.74, 6) is 0.323. The molecule has 0 aromatic rings. The number of carboxylic acid groups (broad SMARTS) is 1. The molecule has 1 fully saturated rings. The quantitative estimate of drug-likeness (QED) is 0.586. The monoisotopic (exact) mass is 260 g/mol. The summed E-state index contributed by atoms with van der Waals surface area (Å²) in [4.78, 5) is 10.7. The summed E-state index contributed by atoms with van der Waals surface area (Å²) in [5, 5.41) is 14.6. The van der Waals surface area contributed by atoms with Gasteiger partial charge in [-0.25, -0.2) is 4.79 Å². The highest BCUT2D eigenvalue weighted by Gasteiger charge is 2.33. The zero-order valence-electron chi connectivity index (χ0n) is 11.4. The molecule has 0 aromatic carbocycles. The van der Waals surface area contributed by atoms with E-state index in [2.05, 4.69) is 10.6 Å². The van der Waals surface area contributed by atoms with Crippen molar-refractivity contribution in [1.29, 1.82) is 0 Å². The van der Waals surface area contributed by atoms with Crippen LogP contribution < -0.4 is 10.6 Å². The van der Waals surface area contributed by atoms with Gasteiger partial charge >= 0.3 is 6.09 Å². The Hall–Kier alpha value is -0.850. The minimum absolute atomic E-state index is 0.134. The number of hydrogen-bond donors (Lipinski definition) is 3. The normalized spacial score (nSPS) is 24.2. The van der Waals surface area contributed by atoms with Gasteiger partial charge in [0, 0.05) is 31.7 Å². The highest BCUT2D eigenvalue weighted by molar-refractivity contribution is 5.65. The molecule has 106 valence electrons. The molecule has 6 heteroatoms. The maximum Gasteiger partial charge on any atom is 0.405 e. The molecule has 0 radical (unpaired) electrons. The molecule has 0 spiro atoms. The van der Waals surface area contributed by atoms with Gasteiger partial charge < -0.3 is 25.2 Å². The molecule has 3 N–H and O–H groups in total. The van der Waals surface area contributed by atoms with E-state index in [1.54, 1.807) is 7.11 Å². The lowest BCUT2D eigenvalue weighted by atomic mass is 9.88. The number of ether oxygens (including phenoxy) is 2. The van der Waals surface area contributed by atoms with Crippen molar-refractivity contribution in [2.75, 3.05) is 33.4 Å². The molecule has 0 saturated carbocycles. The first-order valence-electron chi connectivity index (χ1n) is 6.27. The first kappa shape index (κ1) is 15.2. The Balaban J connectivity index is 2.41. The molecule has 0 aliphatic carbocycles. The van der Waals surface area contributed by atoms with Crippen LogP contribution in [0.5, 0.6) is 0 Å². The van der Waals surface area contributed by atoms with Crippen LogP contribution in [-0.4, -0.2) is 56.3 Å². The van der Waals surface area contributed by atoms with Crippen molar-refractivity contribution in [2.24, 2.45) is 5.92 Å². The van der Waals surface area contributed by atoms with Gasteiger partial charge in [0.05, 0.1) is 19.3 Å². The first-order chi connectivity index (χ1) is 8.44. The molecular formula is C12H24N2O4. The Morgan fingerprint density at radius 1 is 1.44 bits per heavy atom. The molecule has 1 heterocycles.